The van der Waals surface area contributed by atoms with Gasteiger partial charge in [-0.3, -0.25) is 10.1 Å². The zero-order valence-electron chi connectivity index (χ0n) is 13.6. The molecule has 2 aromatic carbocycles. The number of fused-ring (bicyclic) bond motifs is 1. The molecule has 0 radical (unpaired) electrons. The van der Waals surface area contributed by atoms with E-state index in [-0.39, 0.29) is 5.69 Å². The number of ether oxygens (including phenoxy) is 1. The Morgan fingerprint density at radius 3 is 2.46 bits per heavy atom. The molecule has 7 heteroatoms. The summed E-state index contributed by atoms with van der Waals surface area (Å²) in [4.78, 5) is 21.6. The number of nitro benzene ring substituents is 1. The summed E-state index contributed by atoms with van der Waals surface area (Å²) in [6, 6.07) is 12.2. The average Bonchev–Trinajstić information content (AvgIpc) is 2.59. The van der Waals surface area contributed by atoms with Crippen LogP contribution in [0.2, 0.25) is 0 Å². The minimum absolute atomic E-state index is 0.0112. The number of anilines is 2. The van der Waals surface area contributed by atoms with Gasteiger partial charge in [-0.1, -0.05) is 6.07 Å². The van der Waals surface area contributed by atoms with Gasteiger partial charge in [-0.25, -0.2) is 9.97 Å². The van der Waals surface area contributed by atoms with Crippen LogP contribution in [0.5, 0.6) is 5.75 Å². The molecule has 0 bridgehead atoms. The molecule has 0 fully saturated rings. The molecule has 24 heavy (non-hydrogen) atoms. The normalized spacial score (nSPS) is 10.6. The van der Waals surface area contributed by atoms with Crippen molar-refractivity contribution in [1.82, 2.24) is 9.97 Å². The van der Waals surface area contributed by atoms with E-state index in [1.54, 1.807) is 26.2 Å². The lowest BCUT2D eigenvalue weighted by atomic mass is 10.1. The Morgan fingerprint density at radius 1 is 1.12 bits per heavy atom. The molecule has 0 atom stereocenters. The van der Waals surface area contributed by atoms with Crippen molar-refractivity contribution in [1.29, 1.82) is 0 Å². The van der Waals surface area contributed by atoms with E-state index < -0.39 is 4.92 Å². The molecule has 7 nitrogen and oxygen atoms in total. The molecule has 122 valence electrons. The van der Waals surface area contributed by atoms with Gasteiger partial charge in [0.05, 0.1) is 17.5 Å². The Bertz CT molecular complexity index is 910. The molecule has 1 aromatic heterocycles. The first-order valence-electron chi connectivity index (χ1n) is 7.31. The number of methoxy groups -OCH3 is 1. The highest BCUT2D eigenvalue weighted by Crippen LogP contribution is 2.35. The molecule has 0 aliphatic rings. The summed E-state index contributed by atoms with van der Waals surface area (Å²) in [5.41, 5.74) is 1.38. The maximum atomic E-state index is 11.4. The third-order valence-corrected chi connectivity index (χ3v) is 3.77. The molecular formula is C17H16N4O3. The predicted octanol–water partition coefficient (Wildman–Crippen LogP) is 3.62. The minimum Gasteiger partial charge on any atom is -0.497 e. The average molecular weight is 324 g/mol. The second-order valence-corrected chi connectivity index (χ2v) is 5.28. The van der Waals surface area contributed by atoms with E-state index in [0.717, 1.165) is 11.4 Å². The minimum atomic E-state index is -0.410. The van der Waals surface area contributed by atoms with Crippen molar-refractivity contribution in [3.8, 4) is 5.75 Å². The highest BCUT2D eigenvalue weighted by Gasteiger charge is 2.21. The van der Waals surface area contributed by atoms with Gasteiger partial charge in [0.25, 0.3) is 5.69 Å². The summed E-state index contributed by atoms with van der Waals surface area (Å²) in [6.45, 7) is 1.77. The van der Waals surface area contributed by atoms with E-state index in [2.05, 4.69) is 9.97 Å². The number of benzene rings is 2. The Kier molecular flexibility index (Phi) is 3.99. The number of hydrogen-bond acceptors (Lipinski definition) is 6. The molecule has 0 saturated heterocycles. The summed E-state index contributed by atoms with van der Waals surface area (Å²) >= 11 is 0. The molecule has 0 aliphatic carbocycles. The third kappa shape index (κ3) is 2.71. The van der Waals surface area contributed by atoms with Crippen LogP contribution < -0.4 is 9.64 Å². The van der Waals surface area contributed by atoms with Crippen molar-refractivity contribution in [3.05, 3.63) is 58.4 Å². The first-order chi connectivity index (χ1) is 11.5. The zero-order valence-corrected chi connectivity index (χ0v) is 13.6. The van der Waals surface area contributed by atoms with Gasteiger partial charge in [-0.15, -0.1) is 0 Å². The van der Waals surface area contributed by atoms with Crippen LogP contribution in [-0.4, -0.2) is 29.0 Å². The van der Waals surface area contributed by atoms with Crippen molar-refractivity contribution in [3.63, 3.8) is 0 Å². The summed E-state index contributed by atoms with van der Waals surface area (Å²) in [5.74, 6) is 1.79. The standard InChI is InChI=1S/C17H16N4O3/c1-11-18-14-5-4-6-15(21(22)23)16(14)17(19-11)20(2)12-7-9-13(24-3)10-8-12/h4-10H,1-3H3. The van der Waals surface area contributed by atoms with Crippen LogP contribution in [0.4, 0.5) is 17.2 Å². The molecule has 0 spiro atoms. The van der Waals surface area contributed by atoms with E-state index in [1.165, 1.54) is 6.07 Å². The largest absolute Gasteiger partial charge is 0.497 e. The number of rotatable bonds is 4. The van der Waals surface area contributed by atoms with Crippen LogP contribution in [0.3, 0.4) is 0 Å². The van der Waals surface area contributed by atoms with Gasteiger partial charge < -0.3 is 9.64 Å². The lowest BCUT2D eigenvalue weighted by Crippen LogP contribution is -2.13. The number of nitro groups is 1. The Morgan fingerprint density at radius 2 is 1.83 bits per heavy atom. The first kappa shape index (κ1) is 15.7. The van der Waals surface area contributed by atoms with Crippen LogP contribution in [0.15, 0.2) is 42.5 Å². The molecule has 1 heterocycles. The van der Waals surface area contributed by atoms with E-state index in [0.29, 0.717) is 22.5 Å². The van der Waals surface area contributed by atoms with Crippen molar-refractivity contribution in [2.45, 2.75) is 6.92 Å². The van der Waals surface area contributed by atoms with Crippen LogP contribution >= 0.6 is 0 Å². The monoisotopic (exact) mass is 324 g/mol. The number of nitrogens with zero attached hydrogens (tertiary/aromatic N) is 4. The topological polar surface area (TPSA) is 81.4 Å². The maximum Gasteiger partial charge on any atom is 0.282 e. The van der Waals surface area contributed by atoms with Crippen LogP contribution in [-0.2, 0) is 0 Å². The smallest absolute Gasteiger partial charge is 0.282 e. The highest BCUT2D eigenvalue weighted by molar-refractivity contribution is 5.98. The van der Waals surface area contributed by atoms with Gasteiger partial charge in [-0.05, 0) is 37.3 Å². The van der Waals surface area contributed by atoms with Gasteiger partial charge in [0, 0.05) is 18.8 Å². The fourth-order valence-electron chi connectivity index (χ4n) is 2.58. The Labute approximate surface area is 138 Å². The molecule has 0 N–H and O–H groups in total. The molecule has 0 saturated carbocycles. The van der Waals surface area contributed by atoms with Gasteiger partial charge in [0.15, 0.2) is 5.82 Å². The van der Waals surface area contributed by atoms with Gasteiger partial charge in [0.2, 0.25) is 0 Å². The van der Waals surface area contributed by atoms with E-state index in [9.17, 15) is 10.1 Å². The Balaban J connectivity index is 2.21. The van der Waals surface area contributed by atoms with E-state index >= 15 is 0 Å². The van der Waals surface area contributed by atoms with Crippen molar-refractivity contribution >= 4 is 28.1 Å². The fraction of sp³-hybridized carbons (Fsp3) is 0.176. The quantitative estimate of drug-likeness (QED) is 0.538. The first-order valence-corrected chi connectivity index (χ1v) is 7.31. The molecule has 0 aliphatic heterocycles. The molecule has 3 rings (SSSR count). The van der Waals surface area contributed by atoms with Gasteiger partial charge in [0.1, 0.15) is 17.0 Å². The van der Waals surface area contributed by atoms with Crippen molar-refractivity contribution in [2.75, 3.05) is 19.1 Å². The van der Waals surface area contributed by atoms with Crippen molar-refractivity contribution < 1.29 is 9.66 Å². The van der Waals surface area contributed by atoms with E-state index in [1.807, 2.05) is 36.2 Å². The lowest BCUT2D eigenvalue weighted by molar-refractivity contribution is -0.383. The Hall–Kier alpha value is -3.22. The SMILES string of the molecule is COc1ccc(N(C)c2nc(C)nc3cccc([N+](=O)[O-])c23)cc1. The van der Waals surface area contributed by atoms with Crippen molar-refractivity contribution in [2.24, 2.45) is 0 Å². The number of non-ortho nitro benzene ring substituents is 1. The molecule has 0 unspecified atom stereocenters. The van der Waals surface area contributed by atoms with Crippen LogP contribution in [0, 0.1) is 17.0 Å². The summed E-state index contributed by atoms with van der Waals surface area (Å²) in [5, 5.41) is 11.8. The van der Waals surface area contributed by atoms with E-state index in [4.69, 9.17) is 4.74 Å². The second-order valence-electron chi connectivity index (χ2n) is 5.28. The fourth-order valence-corrected chi connectivity index (χ4v) is 2.58. The predicted molar refractivity (Wildman–Crippen MR) is 92.0 cm³/mol. The van der Waals surface area contributed by atoms with Gasteiger partial charge in [-0.2, -0.15) is 0 Å². The summed E-state index contributed by atoms with van der Waals surface area (Å²) < 4.78 is 5.16. The number of aryl methyl sites for hydroxylation is 1. The third-order valence-electron chi connectivity index (χ3n) is 3.77. The highest BCUT2D eigenvalue weighted by atomic mass is 16.6. The number of hydrogen-bond donors (Lipinski definition) is 0. The van der Waals surface area contributed by atoms with Crippen LogP contribution in [0.1, 0.15) is 5.82 Å². The molecule has 0 amide bonds. The number of aromatic nitrogens is 2. The maximum absolute atomic E-state index is 11.4. The summed E-state index contributed by atoms with van der Waals surface area (Å²) in [7, 11) is 3.42. The van der Waals surface area contributed by atoms with Gasteiger partial charge >= 0.3 is 0 Å². The summed E-state index contributed by atoms with van der Waals surface area (Å²) in [6.07, 6.45) is 0. The second kappa shape index (κ2) is 6.11. The molecular weight excluding hydrogens is 308 g/mol. The van der Waals surface area contributed by atoms with Crippen LogP contribution in [0.25, 0.3) is 10.9 Å². The molecule has 3 aromatic rings. The lowest BCUT2D eigenvalue weighted by Gasteiger charge is -2.20. The zero-order chi connectivity index (χ0) is 17.3.